The van der Waals surface area contributed by atoms with Crippen molar-refractivity contribution in [2.24, 2.45) is 0 Å². The van der Waals surface area contributed by atoms with Gasteiger partial charge in [0.2, 0.25) is 0 Å². The van der Waals surface area contributed by atoms with Crippen LogP contribution in [0.1, 0.15) is 82.8 Å². The van der Waals surface area contributed by atoms with Crippen LogP contribution in [0.5, 0.6) is 0 Å². The number of aryl methyl sites for hydroxylation is 2. The number of alkyl halides is 10. The van der Waals surface area contributed by atoms with E-state index in [1.165, 1.54) is 66.1 Å². The number of hydrogen-bond acceptors (Lipinski definition) is 11. The fourth-order valence-electron chi connectivity index (χ4n) is 9.53. The third-order valence-corrected chi connectivity index (χ3v) is 19.8. The summed E-state index contributed by atoms with van der Waals surface area (Å²) in [4.78, 5) is 35.4. The van der Waals surface area contributed by atoms with Crippen LogP contribution in [0, 0.1) is 0 Å². The van der Waals surface area contributed by atoms with Crippen molar-refractivity contribution >= 4 is 43.9 Å². The van der Waals surface area contributed by atoms with Crippen LogP contribution in [-0.4, -0.2) is 130 Å². The molecule has 0 radical (unpaired) electrons. The summed E-state index contributed by atoms with van der Waals surface area (Å²) in [7, 11) is -8.34. The first-order valence-corrected chi connectivity index (χ1v) is 28.3. The van der Waals surface area contributed by atoms with Gasteiger partial charge in [-0.15, -0.1) is 12.4 Å². The molecule has 0 aromatic heterocycles. The Bertz CT molecular complexity index is 2860. The van der Waals surface area contributed by atoms with Gasteiger partial charge >= 0.3 is 24.2 Å². The molecule has 7 rings (SSSR count). The van der Waals surface area contributed by atoms with Gasteiger partial charge in [-0.2, -0.15) is 43.9 Å². The van der Waals surface area contributed by atoms with Crippen LogP contribution in [0.3, 0.4) is 0 Å². The lowest BCUT2D eigenvalue weighted by molar-refractivity contribution is -0.284. The predicted molar refractivity (Wildman–Crippen MR) is 275 cm³/mol. The SMILES string of the molecule is CCN1CCC(C(=O)NO)(S(=O)(=O)c2ccc(-c3ccc(CCC(F)(F)C(F)(F)F)cc3)cc2)CC1.CCN1CCC(C(=O)NOC2CCCCO2)(S(=O)(=O)c2ccc(-c3ccc(CCC(F)(F)C(F)(F)F)cc3)cc2)CC1.Cl. The van der Waals surface area contributed by atoms with Gasteiger partial charge < -0.3 is 14.5 Å². The number of hydrogen-bond donors (Lipinski definition) is 3. The van der Waals surface area contributed by atoms with E-state index in [1.54, 1.807) is 36.4 Å². The van der Waals surface area contributed by atoms with E-state index in [0.29, 0.717) is 79.1 Å². The summed E-state index contributed by atoms with van der Waals surface area (Å²) in [6.07, 6.45) is -12.9. The van der Waals surface area contributed by atoms with Crippen molar-refractivity contribution in [3.05, 3.63) is 108 Å². The maximum atomic E-state index is 14.0. The standard InChI is InChI=1S/C29H35F5N2O5S.C24H27F5N2O4S.ClH/c1-2-36-18-16-27(17-19-36,26(37)35-41-25-5-3-4-20-40-25)42(38,39)24-12-10-23(11-13-24)22-8-6-21(7-9-22)14-15-28(30,31)29(32,33)34;1-2-31-15-13-22(14-16-31,21(32)30-33)36(34,35)20-9-7-19(8-10-20)18-5-3-17(4-6-18)11-12-23(25,26)24(27,28)29;/h6-13,25H,2-5,14-20H2,1H3,(H,35,37);3-10,33H,2,11-16H2,1H3,(H,30,32);1H. The number of nitrogens with one attached hydrogen (secondary N) is 2. The summed E-state index contributed by atoms with van der Waals surface area (Å²) in [5.41, 5.74) is 6.91. The molecule has 2 amide bonds. The molecule has 3 saturated heterocycles. The van der Waals surface area contributed by atoms with Crippen molar-refractivity contribution in [1.82, 2.24) is 20.8 Å². The molecular formula is C53H63ClF10N4O9S2. The molecule has 79 heavy (non-hydrogen) atoms. The van der Waals surface area contributed by atoms with E-state index in [1.807, 2.05) is 18.7 Å². The molecule has 3 fully saturated rings. The Morgan fingerprint density at radius 1 is 0.582 bits per heavy atom. The van der Waals surface area contributed by atoms with Crippen molar-refractivity contribution < 1.29 is 85.1 Å². The van der Waals surface area contributed by atoms with Crippen LogP contribution in [0.2, 0.25) is 0 Å². The molecule has 3 aliphatic heterocycles. The number of benzene rings is 4. The zero-order valence-corrected chi connectivity index (χ0v) is 45.6. The molecule has 3 heterocycles. The molecule has 4 aromatic carbocycles. The van der Waals surface area contributed by atoms with Gasteiger partial charge in [-0.3, -0.25) is 14.8 Å². The third kappa shape index (κ3) is 14.8. The largest absolute Gasteiger partial charge is 0.453 e. The van der Waals surface area contributed by atoms with Crippen molar-refractivity contribution in [3.8, 4) is 22.3 Å². The summed E-state index contributed by atoms with van der Waals surface area (Å²) in [5, 5.41) is 9.25. The maximum Gasteiger partial charge on any atom is 0.453 e. The molecule has 0 aliphatic carbocycles. The molecular weight excluding hydrogens is 1130 g/mol. The fraction of sp³-hybridized carbons (Fsp3) is 0.509. The molecule has 0 spiro atoms. The number of nitrogens with zero attached hydrogens (tertiary/aromatic N) is 2. The van der Waals surface area contributed by atoms with Crippen molar-refractivity contribution in [2.45, 2.75) is 134 Å². The summed E-state index contributed by atoms with van der Waals surface area (Å²) < 4.78 is 184. The van der Waals surface area contributed by atoms with E-state index in [2.05, 4.69) is 10.4 Å². The molecule has 0 bridgehead atoms. The Labute approximate surface area is 458 Å². The molecule has 4 aromatic rings. The van der Waals surface area contributed by atoms with Crippen molar-refractivity contribution in [3.63, 3.8) is 0 Å². The van der Waals surface area contributed by atoms with E-state index in [-0.39, 0.29) is 47.9 Å². The Morgan fingerprint density at radius 2 is 0.924 bits per heavy atom. The summed E-state index contributed by atoms with van der Waals surface area (Å²) in [6, 6.07) is 23.7. The Balaban J connectivity index is 0.000000290. The summed E-state index contributed by atoms with van der Waals surface area (Å²) in [6.45, 7) is 7.41. The first-order valence-electron chi connectivity index (χ1n) is 25.3. The first-order chi connectivity index (χ1) is 36.6. The van der Waals surface area contributed by atoms with Crippen molar-refractivity contribution in [2.75, 3.05) is 45.9 Å². The van der Waals surface area contributed by atoms with Crippen LogP contribution in [0.25, 0.3) is 22.3 Å². The van der Waals surface area contributed by atoms with Gasteiger partial charge in [-0.1, -0.05) is 86.6 Å². The van der Waals surface area contributed by atoms with Gasteiger partial charge in [-0.25, -0.2) is 32.6 Å². The van der Waals surface area contributed by atoms with Crippen LogP contribution in [-0.2, 0) is 51.7 Å². The Kier molecular flexibility index (Phi) is 21.7. The lowest BCUT2D eigenvalue weighted by Crippen LogP contribution is -2.58. The highest BCUT2D eigenvalue weighted by Crippen LogP contribution is 2.42. The number of halogens is 11. The first kappa shape index (κ1) is 64.9. The highest BCUT2D eigenvalue weighted by molar-refractivity contribution is 7.94. The molecule has 3 N–H and O–H groups in total. The summed E-state index contributed by atoms with van der Waals surface area (Å²) in [5.74, 6) is -11.3. The van der Waals surface area contributed by atoms with E-state index in [4.69, 9.17) is 9.57 Å². The molecule has 1 unspecified atom stereocenters. The minimum atomic E-state index is -5.60. The third-order valence-electron chi connectivity index (χ3n) is 14.8. The van der Waals surface area contributed by atoms with Crippen LogP contribution in [0.4, 0.5) is 43.9 Å². The fourth-order valence-corrected chi connectivity index (χ4v) is 13.4. The second-order valence-corrected chi connectivity index (χ2v) is 24.0. The predicted octanol–water partition coefficient (Wildman–Crippen LogP) is 10.7. The second-order valence-electron chi connectivity index (χ2n) is 19.5. The van der Waals surface area contributed by atoms with Gasteiger partial charge in [0, 0.05) is 52.0 Å². The van der Waals surface area contributed by atoms with Gasteiger partial charge in [0.25, 0.3) is 11.8 Å². The highest BCUT2D eigenvalue weighted by Gasteiger charge is 2.58. The average molecular weight is 1190 g/mol. The average Bonchev–Trinajstić information content (AvgIpc) is 3.47. The number of carbonyl (C=O) groups excluding carboxylic acids is 2. The molecule has 1 atom stereocenters. The smallest absolute Gasteiger partial charge is 0.350 e. The molecule has 438 valence electrons. The van der Waals surface area contributed by atoms with Gasteiger partial charge in [0.15, 0.2) is 35.5 Å². The second kappa shape index (κ2) is 26.4. The summed E-state index contributed by atoms with van der Waals surface area (Å²) >= 11 is 0. The van der Waals surface area contributed by atoms with Crippen LogP contribution >= 0.6 is 12.4 Å². The van der Waals surface area contributed by atoms with E-state index in [0.717, 1.165) is 19.4 Å². The van der Waals surface area contributed by atoms with Crippen LogP contribution < -0.4 is 11.0 Å². The number of hydroxylamine groups is 2. The Hall–Kier alpha value is -4.89. The number of amides is 2. The van der Waals surface area contributed by atoms with E-state index in [9.17, 15) is 75.5 Å². The molecule has 13 nitrogen and oxygen atoms in total. The Morgan fingerprint density at radius 3 is 1.23 bits per heavy atom. The van der Waals surface area contributed by atoms with E-state index < -0.39 is 97.2 Å². The number of ether oxygens (including phenoxy) is 1. The number of piperidine rings is 2. The van der Waals surface area contributed by atoms with E-state index >= 15 is 0 Å². The zero-order chi connectivity index (χ0) is 57.4. The highest BCUT2D eigenvalue weighted by atomic mass is 35.5. The van der Waals surface area contributed by atoms with Gasteiger partial charge in [0.05, 0.1) is 9.79 Å². The normalized spacial score (nSPS) is 18.6. The minimum absolute atomic E-state index is 0. The number of likely N-dealkylation sites (tertiary alicyclic amines) is 2. The molecule has 26 heteroatoms. The quantitative estimate of drug-likeness (QED) is 0.0492. The lowest BCUT2D eigenvalue weighted by atomic mass is 9.95. The molecule has 0 saturated carbocycles. The maximum absolute atomic E-state index is 14.0. The zero-order valence-electron chi connectivity index (χ0n) is 43.2. The number of rotatable bonds is 18. The minimum Gasteiger partial charge on any atom is -0.350 e. The van der Waals surface area contributed by atoms with Crippen molar-refractivity contribution in [1.29, 1.82) is 0 Å². The number of carbonyl (C=O) groups is 2. The van der Waals surface area contributed by atoms with Gasteiger partial charge in [0.1, 0.15) is 0 Å². The molecule has 3 aliphatic rings. The monoisotopic (exact) mass is 1190 g/mol. The van der Waals surface area contributed by atoms with Gasteiger partial charge in [-0.05, 0) is 122 Å². The topological polar surface area (TPSA) is 172 Å². The lowest BCUT2D eigenvalue weighted by Gasteiger charge is -2.39. The number of sulfone groups is 2. The van der Waals surface area contributed by atoms with Crippen LogP contribution in [0.15, 0.2) is 107 Å².